The molecule has 64 valence electrons. The van der Waals surface area contributed by atoms with Crippen molar-refractivity contribution < 1.29 is 14.6 Å². The molecule has 0 heterocycles. The summed E-state index contributed by atoms with van der Waals surface area (Å²) < 4.78 is 4.33. The second-order valence-electron chi connectivity index (χ2n) is 2.22. The Morgan fingerprint density at radius 3 is 2.50 bits per heavy atom. The molecule has 0 aliphatic heterocycles. The third kappa shape index (κ3) is 2.25. The highest BCUT2D eigenvalue weighted by Crippen LogP contribution is 2.10. The number of carboxylic acid groups (broad SMARTS) is 1. The van der Waals surface area contributed by atoms with Crippen LogP contribution in [-0.2, 0) is 4.74 Å². The molecule has 1 aromatic rings. The van der Waals surface area contributed by atoms with Gasteiger partial charge in [-0.3, -0.25) is 5.73 Å². The van der Waals surface area contributed by atoms with Crippen molar-refractivity contribution in [2.24, 2.45) is 5.73 Å². The Hall–Kier alpha value is -1.55. The average Bonchev–Trinajstić information content (AvgIpc) is 2.05. The molecule has 0 spiro atoms. The van der Waals surface area contributed by atoms with E-state index in [4.69, 9.17) is 10.8 Å². The predicted octanol–water partition coefficient (Wildman–Crippen LogP) is 1.34. The van der Waals surface area contributed by atoms with Gasteiger partial charge in [0.1, 0.15) is 0 Å². The van der Waals surface area contributed by atoms with Crippen molar-refractivity contribution in [2.75, 3.05) is 0 Å². The van der Waals surface area contributed by atoms with Crippen LogP contribution in [0.5, 0.6) is 0 Å². The summed E-state index contributed by atoms with van der Waals surface area (Å²) in [4.78, 5) is 10.1. The van der Waals surface area contributed by atoms with Crippen LogP contribution in [0.15, 0.2) is 30.3 Å². The Labute approximate surface area is 69.6 Å². The molecule has 1 rings (SSSR count). The van der Waals surface area contributed by atoms with Crippen molar-refractivity contribution in [3.8, 4) is 0 Å². The van der Waals surface area contributed by atoms with Crippen LogP contribution in [0, 0.1) is 0 Å². The molecule has 3 N–H and O–H groups in total. The first-order valence-corrected chi connectivity index (χ1v) is 3.40. The molecule has 12 heavy (non-hydrogen) atoms. The zero-order valence-electron chi connectivity index (χ0n) is 6.31. The first kappa shape index (κ1) is 8.55. The number of ether oxygens (including phenoxy) is 1. The minimum Gasteiger partial charge on any atom is -0.450 e. The van der Waals surface area contributed by atoms with Gasteiger partial charge in [-0.05, 0) is 0 Å². The lowest BCUT2D eigenvalue weighted by molar-refractivity contribution is 0.0539. The molecule has 0 aliphatic carbocycles. The highest BCUT2D eigenvalue weighted by molar-refractivity contribution is 5.57. The van der Waals surface area contributed by atoms with E-state index in [9.17, 15) is 4.79 Å². The van der Waals surface area contributed by atoms with E-state index in [1.165, 1.54) is 0 Å². The lowest BCUT2D eigenvalue weighted by Crippen LogP contribution is -2.17. The molecule has 0 saturated carbocycles. The van der Waals surface area contributed by atoms with Crippen LogP contribution in [-0.4, -0.2) is 11.3 Å². The topological polar surface area (TPSA) is 72.5 Å². The Bertz CT molecular complexity index is 260. The van der Waals surface area contributed by atoms with E-state index in [-0.39, 0.29) is 0 Å². The average molecular weight is 167 g/mol. The van der Waals surface area contributed by atoms with Gasteiger partial charge in [0.2, 0.25) is 0 Å². The molecular weight excluding hydrogens is 158 g/mol. The first-order valence-electron chi connectivity index (χ1n) is 3.40. The van der Waals surface area contributed by atoms with Gasteiger partial charge in [0.25, 0.3) is 0 Å². The number of carbonyl (C=O) groups is 1. The van der Waals surface area contributed by atoms with Gasteiger partial charge in [-0.2, -0.15) is 0 Å². The van der Waals surface area contributed by atoms with Gasteiger partial charge in [0, 0.05) is 5.56 Å². The van der Waals surface area contributed by atoms with E-state index in [1.807, 2.05) is 6.07 Å². The zero-order valence-corrected chi connectivity index (χ0v) is 6.31. The van der Waals surface area contributed by atoms with Gasteiger partial charge in [0.05, 0.1) is 0 Å². The van der Waals surface area contributed by atoms with Gasteiger partial charge < -0.3 is 9.84 Å². The summed E-state index contributed by atoms with van der Waals surface area (Å²) >= 11 is 0. The maximum Gasteiger partial charge on any atom is 0.507 e. The largest absolute Gasteiger partial charge is 0.507 e. The number of hydrogen-bond acceptors (Lipinski definition) is 3. The van der Waals surface area contributed by atoms with Gasteiger partial charge >= 0.3 is 6.16 Å². The number of rotatable bonds is 2. The van der Waals surface area contributed by atoms with Crippen molar-refractivity contribution in [3.05, 3.63) is 35.9 Å². The Kier molecular flexibility index (Phi) is 2.66. The molecule has 0 saturated heterocycles. The van der Waals surface area contributed by atoms with Gasteiger partial charge in [-0.1, -0.05) is 30.3 Å². The van der Waals surface area contributed by atoms with Crippen molar-refractivity contribution >= 4 is 6.16 Å². The molecule has 1 aromatic carbocycles. The van der Waals surface area contributed by atoms with Gasteiger partial charge in [-0.25, -0.2) is 4.79 Å². The van der Waals surface area contributed by atoms with Crippen LogP contribution >= 0.6 is 0 Å². The van der Waals surface area contributed by atoms with Crippen LogP contribution in [0.25, 0.3) is 0 Å². The molecule has 1 atom stereocenters. The predicted molar refractivity (Wildman–Crippen MR) is 42.5 cm³/mol. The van der Waals surface area contributed by atoms with Crippen LogP contribution in [0.4, 0.5) is 4.79 Å². The standard InChI is InChI=1S/C8H9NO3/c9-7(12-8(10)11)6-4-2-1-3-5-6/h1-5,7H,9H2,(H,10,11)/t7-/m1/s1. The fourth-order valence-corrected chi connectivity index (χ4v) is 0.819. The monoisotopic (exact) mass is 167 g/mol. The molecular formula is C8H9NO3. The van der Waals surface area contributed by atoms with E-state index in [2.05, 4.69) is 4.74 Å². The molecule has 4 heteroatoms. The summed E-state index contributed by atoms with van der Waals surface area (Å²) in [6.45, 7) is 0. The molecule has 0 amide bonds. The normalized spacial score (nSPS) is 12.1. The number of hydrogen-bond donors (Lipinski definition) is 2. The smallest absolute Gasteiger partial charge is 0.450 e. The summed E-state index contributed by atoms with van der Waals surface area (Å²) in [6.07, 6.45) is -2.27. The Morgan fingerprint density at radius 2 is 2.00 bits per heavy atom. The SMILES string of the molecule is N[C@H](OC(=O)O)c1ccccc1. The highest BCUT2D eigenvalue weighted by atomic mass is 16.7. The van der Waals surface area contributed by atoms with Crippen molar-refractivity contribution in [1.82, 2.24) is 0 Å². The van der Waals surface area contributed by atoms with Crippen molar-refractivity contribution in [1.29, 1.82) is 0 Å². The summed E-state index contributed by atoms with van der Waals surface area (Å²) in [5.74, 6) is 0. The third-order valence-corrected chi connectivity index (χ3v) is 1.36. The molecule has 0 aliphatic rings. The fourth-order valence-electron chi connectivity index (χ4n) is 0.819. The molecule has 0 aromatic heterocycles. The number of nitrogens with two attached hydrogens (primary N) is 1. The van der Waals surface area contributed by atoms with E-state index in [0.29, 0.717) is 5.56 Å². The lowest BCUT2D eigenvalue weighted by atomic mass is 10.2. The van der Waals surface area contributed by atoms with E-state index in [0.717, 1.165) is 0 Å². The molecule has 0 radical (unpaired) electrons. The van der Waals surface area contributed by atoms with Gasteiger partial charge in [0.15, 0.2) is 6.23 Å². The molecule has 0 unspecified atom stereocenters. The van der Waals surface area contributed by atoms with E-state index in [1.54, 1.807) is 24.3 Å². The summed E-state index contributed by atoms with van der Waals surface area (Å²) in [5.41, 5.74) is 6.03. The minimum atomic E-state index is -1.37. The maximum atomic E-state index is 10.1. The Balaban J connectivity index is 2.65. The van der Waals surface area contributed by atoms with Gasteiger partial charge in [-0.15, -0.1) is 0 Å². The molecule has 4 nitrogen and oxygen atoms in total. The third-order valence-electron chi connectivity index (χ3n) is 1.36. The highest BCUT2D eigenvalue weighted by Gasteiger charge is 2.08. The second kappa shape index (κ2) is 3.73. The zero-order chi connectivity index (χ0) is 8.97. The van der Waals surface area contributed by atoms with Crippen LogP contribution in [0.1, 0.15) is 11.8 Å². The van der Waals surface area contributed by atoms with Crippen molar-refractivity contribution in [2.45, 2.75) is 6.23 Å². The maximum absolute atomic E-state index is 10.1. The quantitative estimate of drug-likeness (QED) is 0.515. The lowest BCUT2D eigenvalue weighted by Gasteiger charge is -2.09. The minimum absolute atomic E-state index is 0.639. The molecule has 0 bridgehead atoms. The van der Waals surface area contributed by atoms with Crippen molar-refractivity contribution in [3.63, 3.8) is 0 Å². The number of benzene rings is 1. The Morgan fingerprint density at radius 1 is 1.42 bits per heavy atom. The second-order valence-corrected chi connectivity index (χ2v) is 2.22. The van der Waals surface area contributed by atoms with Crippen LogP contribution in [0.3, 0.4) is 0 Å². The van der Waals surface area contributed by atoms with Crippen LogP contribution < -0.4 is 5.73 Å². The summed E-state index contributed by atoms with van der Waals surface area (Å²) in [6, 6.07) is 8.75. The fraction of sp³-hybridized carbons (Fsp3) is 0.125. The van der Waals surface area contributed by atoms with Crippen LogP contribution in [0.2, 0.25) is 0 Å². The van der Waals surface area contributed by atoms with E-state index >= 15 is 0 Å². The molecule has 0 fully saturated rings. The summed E-state index contributed by atoms with van der Waals surface area (Å²) in [5, 5.41) is 8.24. The first-order chi connectivity index (χ1) is 5.70. The van der Waals surface area contributed by atoms with E-state index < -0.39 is 12.4 Å². The summed E-state index contributed by atoms with van der Waals surface area (Å²) in [7, 11) is 0.